The van der Waals surface area contributed by atoms with E-state index >= 15 is 0 Å². The van der Waals surface area contributed by atoms with E-state index in [4.69, 9.17) is 11.6 Å². The first-order chi connectivity index (χ1) is 9.37. The van der Waals surface area contributed by atoms with E-state index in [-0.39, 0.29) is 36.0 Å². The smallest absolute Gasteiger partial charge is 0.239 e. The molecule has 108 valence electrons. The lowest BCUT2D eigenvalue weighted by Crippen LogP contribution is -2.60. The monoisotopic (exact) mass is 314 g/mol. The molecule has 1 aromatic rings. The summed E-state index contributed by atoms with van der Waals surface area (Å²) in [4.78, 5) is 13.7. The van der Waals surface area contributed by atoms with Crippen molar-refractivity contribution in [1.82, 2.24) is 5.32 Å². The number of fused-ring (bicyclic) bond motifs is 1. The summed E-state index contributed by atoms with van der Waals surface area (Å²) >= 11 is 6.12. The van der Waals surface area contributed by atoms with Crippen LogP contribution in [0, 0.1) is 6.92 Å². The maximum Gasteiger partial charge on any atom is 0.239 e. The van der Waals surface area contributed by atoms with E-state index in [0.717, 1.165) is 11.3 Å². The van der Waals surface area contributed by atoms with Crippen molar-refractivity contribution in [3.05, 3.63) is 28.8 Å². The van der Waals surface area contributed by atoms with Crippen LogP contribution in [0.5, 0.6) is 0 Å². The van der Waals surface area contributed by atoms with Gasteiger partial charge in [-0.1, -0.05) is 17.7 Å². The zero-order valence-electron chi connectivity index (χ0n) is 11.0. The van der Waals surface area contributed by atoms with Gasteiger partial charge in [-0.05, 0) is 24.6 Å². The van der Waals surface area contributed by atoms with Crippen LogP contribution in [-0.4, -0.2) is 44.5 Å². The lowest BCUT2D eigenvalue weighted by atomic mass is 10.0. The molecule has 0 aliphatic carbocycles. The summed E-state index contributed by atoms with van der Waals surface area (Å²) in [6.45, 7) is 2.04. The fourth-order valence-corrected chi connectivity index (χ4v) is 5.06. The minimum absolute atomic E-state index is 0.0134. The Hall–Kier alpha value is -1.27. The Kier molecular flexibility index (Phi) is 3.17. The van der Waals surface area contributed by atoms with Crippen molar-refractivity contribution < 1.29 is 13.2 Å². The SMILES string of the molecule is Cc1c(Cl)cccc1N1CC(=O)N[C@@H]2CS(=O)(=O)C[C@@H]21. The number of piperazine rings is 1. The number of nitrogens with zero attached hydrogens (tertiary/aromatic N) is 1. The van der Waals surface area contributed by atoms with Crippen LogP contribution in [0.15, 0.2) is 18.2 Å². The summed E-state index contributed by atoms with van der Waals surface area (Å²) in [5.74, 6) is -0.0635. The van der Waals surface area contributed by atoms with Crippen LogP contribution in [0.2, 0.25) is 5.02 Å². The number of rotatable bonds is 1. The number of carbonyl (C=O) groups is 1. The Morgan fingerprint density at radius 2 is 2.10 bits per heavy atom. The van der Waals surface area contributed by atoms with Gasteiger partial charge in [0.25, 0.3) is 0 Å². The van der Waals surface area contributed by atoms with Crippen molar-refractivity contribution in [2.75, 3.05) is 23.0 Å². The van der Waals surface area contributed by atoms with Crippen LogP contribution < -0.4 is 10.2 Å². The topological polar surface area (TPSA) is 66.5 Å². The highest BCUT2D eigenvalue weighted by molar-refractivity contribution is 7.91. The largest absolute Gasteiger partial charge is 0.356 e. The fraction of sp³-hybridized carbons (Fsp3) is 0.462. The molecule has 0 saturated carbocycles. The molecule has 2 atom stereocenters. The molecule has 2 heterocycles. The summed E-state index contributed by atoms with van der Waals surface area (Å²) in [7, 11) is -3.11. The first kappa shape index (κ1) is 13.7. The van der Waals surface area contributed by atoms with Gasteiger partial charge in [0.15, 0.2) is 9.84 Å². The minimum Gasteiger partial charge on any atom is -0.356 e. The third-order valence-corrected chi connectivity index (χ3v) is 6.06. The Morgan fingerprint density at radius 1 is 1.35 bits per heavy atom. The molecule has 0 spiro atoms. The van der Waals surface area contributed by atoms with Gasteiger partial charge in [0, 0.05) is 10.7 Å². The molecule has 1 aromatic carbocycles. The van der Waals surface area contributed by atoms with Gasteiger partial charge in [-0.3, -0.25) is 4.79 Å². The second-order valence-electron chi connectivity index (χ2n) is 5.33. The number of anilines is 1. The molecule has 0 unspecified atom stereocenters. The second-order valence-corrected chi connectivity index (χ2v) is 7.89. The van der Waals surface area contributed by atoms with Crippen molar-refractivity contribution in [1.29, 1.82) is 0 Å². The molecule has 2 aliphatic heterocycles. The van der Waals surface area contributed by atoms with Crippen LogP contribution >= 0.6 is 11.6 Å². The van der Waals surface area contributed by atoms with Crippen molar-refractivity contribution in [3.8, 4) is 0 Å². The Labute approximate surface area is 122 Å². The summed E-state index contributed by atoms with van der Waals surface area (Å²) in [6, 6.07) is 4.93. The molecule has 5 nitrogen and oxygen atoms in total. The highest BCUT2D eigenvalue weighted by atomic mass is 35.5. The standard InChI is InChI=1S/C13H15ClN2O3S/c1-8-9(14)3-2-4-11(8)16-5-13(17)15-10-6-20(18,19)7-12(10)16/h2-4,10,12H,5-7H2,1H3,(H,15,17)/t10-,12+/m1/s1. The first-order valence-corrected chi connectivity index (χ1v) is 8.59. The molecule has 1 N–H and O–H groups in total. The second kappa shape index (κ2) is 4.63. The third kappa shape index (κ3) is 2.27. The Balaban J connectivity index is 2.03. The molecular weight excluding hydrogens is 300 g/mol. The van der Waals surface area contributed by atoms with Crippen LogP contribution in [0.4, 0.5) is 5.69 Å². The molecule has 0 bridgehead atoms. The molecule has 2 saturated heterocycles. The highest BCUT2D eigenvalue weighted by Crippen LogP contribution is 2.32. The number of hydrogen-bond acceptors (Lipinski definition) is 4. The maximum absolute atomic E-state index is 11.8. The van der Waals surface area contributed by atoms with Gasteiger partial charge in [0.1, 0.15) is 0 Å². The van der Waals surface area contributed by atoms with Crippen LogP contribution in [0.25, 0.3) is 0 Å². The highest BCUT2D eigenvalue weighted by Gasteiger charge is 2.45. The van der Waals surface area contributed by atoms with E-state index in [0.29, 0.717) is 5.02 Å². The van der Waals surface area contributed by atoms with Gasteiger partial charge in [-0.25, -0.2) is 8.42 Å². The van der Waals surface area contributed by atoms with Crippen LogP contribution in [-0.2, 0) is 14.6 Å². The number of sulfone groups is 1. The zero-order valence-corrected chi connectivity index (χ0v) is 12.5. The number of carbonyl (C=O) groups excluding carboxylic acids is 1. The van der Waals surface area contributed by atoms with Crippen LogP contribution in [0.3, 0.4) is 0 Å². The number of nitrogens with one attached hydrogen (secondary N) is 1. The number of halogens is 1. The van der Waals surface area contributed by atoms with Gasteiger partial charge >= 0.3 is 0 Å². The lowest BCUT2D eigenvalue weighted by molar-refractivity contribution is -0.121. The van der Waals surface area contributed by atoms with Gasteiger partial charge in [-0.15, -0.1) is 0 Å². The van der Waals surface area contributed by atoms with E-state index in [2.05, 4.69) is 5.32 Å². The van der Waals surface area contributed by atoms with Crippen molar-refractivity contribution in [3.63, 3.8) is 0 Å². The van der Waals surface area contributed by atoms with Crippen molar-refractivity contribution >= 4 is 33.0 Å². The van der Waals surface area contributed by atoms with Crippen molar-refractivity contribution in [2.24, 2.45) is 0 Å². The molecule has 0 radical (unpaired) electrons. The number of amides is 1. The molecule has 0 aromatic heterocycles. The molecule has 7 heteroatoms. The quantitative estimate of drug-likeness (QED) is 0.831. The average molecular weight is 315 g/mol. The van der Waals surface area contributed by atoms with E-state index in [1.165, 1.54) is 0 Å². The van der Waals surface area contributed by atoms with E-state index < -0.39 is 9.84 Å². The lowest BCUT2D eigenvalue weighted by Gasteiger charge is -2.39. The number of benzene rings is 1. The average Bonchev–Trinajstić information content (AvgIpc) is 2.66. The maximum atomic E-state index is 11.8. The zero-order chi connectivity index (χ0) is 14.5. The third-order valence-electron chi connectivity index (χ3n) is 3.93. The number of hydrogen-bond donors (Lipinski definition) is 1. The summed E-state index contributed by atoms with van der Waals surface area (Å²) in [5.41, 5.74) is 1.70. The van der Waals surface area contributed by atoms with Crippen LogP contribution in [0.1, 0.15) is 5.56 Å². The fourth-order valence-electron chi connectivity index (χ4n) is 2.97. The Bertz CT molecular complexity index is 674. The summed E-state index contributed by atoms with van der Waals surface area (Å²) < 4.78 is 23.7. The van der Waals surface area contributed by atoms with E-state index in [1.54, 1.807) is 6.07 Å². The van der Waals surface area contributed by atoms with Gasteiger partial charge in [0.05, 0.1) is 30.1 Å². The molecule has 1 amide bonds. The molecule has 2 fully saturated rings. The van der Waals surface area contributed by atoms with Gasteiger partial charge < -0.3 is 10.2 Å². The predicted molar refractivity (Wildman–Crippen MR) is 77.9 cm³/mol. The summed E-state index contributed by atoms with van der Waals surface area (Å²) in [6.07, 6.45) is 0. The van der Waals surface area contributed by atoms with E-state index in [9.17, 15) is 13.2 Å². The van der Waals surface area contributed by atoms with Gasteiger partial charge in [0.2, 0.25) is 5.91 Å². The molecule has 2 aliphatic rings. The molecule has 3 rings (SSSR count). The predicted octanol–water partition coefficient (Wildman–Crippen LogP) is 0.750. The Morgan fingerprint density at radius 3 is 2.85 bits per heavy atom. The van der Waals surface area contributed by atoms with Crippen molar-refractivity contribution in [2.45, 2.75) is 19.0 Å². The summed E-state index contributed by atoms with van der Waals surface area (Å²) in [5, 5.41) is 3.39. The molecular formula is C13H15ClN2O3S. The van der Waals surface area contributed by atoms with E-state index in [1.807, 2.05) is 24.0 Å². The molecule has 20 heavy (non-hydrogen) atoms. The van der Waals surface area contributed by atoms with Gasteiger partial charge in [-0.2, -0.15) is 0 Å². The normalized spacial score (nSPS) is 28.1. The first-order valence-electron chi connectivity index (χ1n) is 6.39. The minimum atomic E-state index is -3.11.